The van der Waals surface area contributed by atoms with Crippen LogP contribution in [0.2, 0.25) is 0 Å². The van der Waals surface area contributed by atoms with E-state index >= 15 is 0 Å². The molecule has 4 heteroatoms. The number of carbonyl (C=O) groups is 1. The summed E-state index contributed by atoms with van der Waals surface area (Å²) in [6.45, 7) is 0. The standard InChI is InChI=1S/C18H15P.CCl2O/c1-4-10-16(11-5-1)19(17-12-6-2-7-13-17)18-14-8-3-9-15-18;2-1(3)4/h1-15H;. The third-order valence-electron chi connectivity index (χ3n) is 3.04. The topological polar surface area (TPSA) is 17.1 Å². The zero-order valence-electron chi connectivity index (χ0n) is 12.3. The van der Waals surface area contributed by atoms with Gasteiger partial charge in [-0.05, 0) is 47.0 Å². The molecule has 0 spiro atoms. The van der Waals surface area contributed by atoms with Gasteiger partial charge in [0.1, 0.15) is 0 Å². The minimum atomic E-state index is -0.889. The van der Waals surface area contributed by atoms with Crippen molar-refractivity contribution in [2.24, 2.45) is 0 Å². The fourth-order valence-corrected chi connectivity index (χ4v) is 4.48. The highest BCUT2D eigenvalue weighted by Gasteiger charge is 2.14. The summed E-state index contributed by atoms with van der Waals surface area (Å²) >= 11 is 8.80. The highest BCUT2D eigenvalue weighted by Crippen LogP contribution is 2.32. The molecule has 0 aliphatic carbocycles. The molecule has 0 amide bonds. The van der Waals surface area contributed by atoms with Crippen LogP contribution in [0.5, 0.6) is 0 Å². The minimum Gasteiger partial charge on any atom is -0.262 e. The zero-order chi connectivity index (χ0) is 16.5. The van der Waals surface area contributed by atoms with Crippen LogP contribution in [0.15, 0.2) is 91.0 Å². The maximum Gasteiger partial charge on any atom is 0.313 e. The van der Waals surface area contributed by atoms with Crippen molar-refractivity contribution in [2.75, 3.05) is 0 Å². The number of hydrogen-bond acceptors (Lipinski definition) is 1. The fraction of sp³-hybridized carbons (Fsp3) is 0. The first-order chi connectivity index (χ1) is 11.2. The highest BCUT2D eigenvalue weighted by molar-refractivity contribution is 7.79. The second-order valence-corrected chi connectivity index (χ2v) is 7.67. The lowest BCUT2D eigenvalue weighted by Crippen LogP contribution is -2.20. The molecule has 0 heterocycles. The van der Waals surface area contributed by atoms with E-state index in [2.05, 4.69) is 114 Å². The molecule has 0 saturated heterocycles. The van der Waals surface area contributed by atoms with Crippen LogP contribution in [0.1, 0.15) is 0 Å². The van der Waals surface area contributed by atoms with Crippen molar-refractivity contribution < 1.29 is 4.79 Å². The Bertz CT molecular complexity index is 620. The zero-order valence-corrected chi connectivity index (χ0v) is 14.7. The SMILES string of the molecule is O=C(Cl)Cl.c1ccc(P(c2ccccc2)c2ccccc2)cc1. The molecule has 3 aromatic rings. The molecule has 0 bridgehead atoms. The van der Waals surface area contributed by atoms with Gasteiger partial charge in [-0.25, -0.2) is 0 Å². The molecule has 23 heavy (non-hydrogen) atoms. The van der Waals surface area contributed by atoms with E-state index in [1.54, 1.807) is 0 Å². The lowest BCUT2D eigenvalue weighted by Gasteiger charge is -2.18. The molecule has 0 aliphatic rings. The molecule has 0 N–H and O–H groups in total. The summed E-state index contributed by atoms with van der Waals surface area (Å²) in [5, 5.41) is 4.19. The summed E-state index contributed by atoms with van der Waals surface area (Å²) in [6.07, 6.45) is 0. The van der Waals surface area contributed by atoms with Crippen molar-refractivity contribution >= 4 is 51.7 Å². The average Bonchev–Trinajstić information content (AvgIpc) is 2.58. The molecule has 3 rings (SSSR count). The van der Waals surface area contributed by atoms with Crippen molar-refractivity contribution in [1.29, 1.82) is 0 Å². The molecule has 0 saturated carbocycles. The monoisotopic (exact) mass is 360 g/mol. The molecule has 0 aliphatic heterocycles. The maximum atomic E-state index is 8.98. The van der Waals surface area contributed by atoms with Crippen LogP contribution < -0.4 is 15.9 Å². The van der Waals surface area contributed by atoms with Crippen LogP contribution in [0.25, 0.3) is 0 Å². The third-order valence-corrected chi connectivity index (χ3v) is 5.49. The fourth-order valence-electron chi connectivity index (χ4n) is 2.18. The molecule has 0 unspecified atom stereocenters. The van der Waals surface area contributed by atoms with E-state index in [9.17, 15) is 0 Å². The summed E-state index contributed by atoms with van der Waals surface area (Å²) < 4.78 is -0.889. The molecule has 116 valence electrons. The number of halogens is 2. The van der Waals surface area contributed by atoms with Crippen LogP contribution in [-0.4, -0.2) is 4.70 Å². The Kier molecular flexibility index (Phi) is 7.29. The Hall–Kier alpha value is -1.66. The molecule has 0 atom stereocenters. The van der Waals surface area contributed by atoms with Crippen LogP contribution in [-0.2, 0) is 0 Å². The molecule has 3 aromatic carbocycles. The van der Waals surface area contributed by atoms with Gasteiger partial charge in [-0.3, -0.25) is 4.79 Å². The van der Waals surface area contributed by atoms with E-state index in [0.717, 1.165) is 0 Å². The van der Waals surface area contributed by atoms with Gasteiger partial charge in [-0.2, -0.15) is 0 Å². The summed E-state index contributed by atoms with van der Waals surface area (Å²) in [5.74, 6) is 0. The lowest BCUT2D eigenvalue weighted by atomic mass is 10.4. The van der Waals surface area contributed by atoms with E-state index in [1.165, 1.54) is 15.9 Å². The van der Waals surface area contributed by atoms with Gasteiger partial charge in [-0.15, -0.1) is 0 Å². The third kappa shape index (κ3) is 5.80. The Labute approximate surface area is 147 Å². The lowest BCUT2D eigenvalue weighted by molar-refractivity contribution is 0.275. The van der Waals surface area contributed by atoms with Crippen molar-refractivity contribution in [3.05, 3.63) is 91.0 Å². The first kappa shape index (κ1) is 17.7. The van der Waals surface area contributed by atoms with Crippen molar-refractivity contribution in [3.63, 3.8) is 0 Å². The Morgan fingerprint density at radius 2 is 0.783 bits per heavy atom. The second-order valence-electron chi connectivity index (χ2n) is 4.57. The van der Waals surface area contributed by atoms with Gasteiger partial charge in [0.2, 0.25) is 0 Å². The maximum absolute atomic E-state index is 8.98. The second kappa shape index (κ2) is 9.47. The largest absolute Gasteiger partial charge is 0.313 e. The summed E-state index contributed by atoms with van der Waals surface area (Å²) in [6, 6.07) is 32.3. The quantitative estimate of drug-likeness (QED) is 0.473. The van der Waals surface area contributed by atoms with Gasteiger partial charge < -0.3 is 0 Å². The summed E-state index contributed by atoms with van der Waals surface area (Å²) in [4.78, 5) is 8.98. The van der Waals surface area contributed by atoms with Gasteiger partial charge in [-0.1, -0.05) is 91.0 Å². The van der Waals surface area contributed by atoms with E-state index in [0.29, 0.717) is 0 Å². The summed E-state index contributed by atoms with van der Waals surface area (Å²) in [7, 11) is -0.446. The Morgan fingerprint density at radius 3 is 1.00 bits per heavy atom. The van der Waals surface area contributed by atoms with Crippen molar-refractivity contribution in [2.45, 2.75) is 0 Å². The van der Waals surface area contributed by atoms with Crippen molar-refractivity contribution in [3.8, 4) is 0 Å². The predicted molar refractivity (Wildman–Crippen MR) is 102 cm³/mol. The first-order valence-corrected chi connectivity index (χ1v) is 9.08. The van der Waals surface area contributed by atoms with Gasteiger partial charge in [0, 0.05) is 0 Å². The van der Waals surface area contributed by atoms with Gasteiger partial charge in [0.15, 0.2) is 0 Å². The first-order valence-electron chi connectivity index (χ1n) is 6.98. The van der Waals surface area contributed by atoms with Crippen molar-refractivity contribution in [1.82, 2.24) is 0 Å². The number of rotatable bonds is 3. The Morgan fingerprint density at radius 1 is 0.565 bits per heavy atom. The van der Waals surface area contributed by atoms with Gasteiger partial charge in [0.05, 0.1) is 0 Å². The normalized spacial score (nSPS) is 9.87. The van der Waals surface area contributed by atoms with E-state index < -0.39 is 12.6 Å². The molecular formula is C19H15Cl2OP. The van der Waals surface area contributed by atoms with Gasteiger partial charge in [0.25, 0.3) is 0 Å². The van der Waals surface area contributed by atoms with Crippen LogP contribution >= 0.6 is 31.1 Å². The van der Waals surface area contributed by atoms with E-state index in [4.69, 9.17) is 4.79 Å². The average molecular weight is 361 g/mol. The van der Waals surface area contributed by atoms with Gasteiger partial charge >= 0.3 is 4.70 Å². The minimum absolute atomic E-state index is 0.446. The van der Waals surface area contributed by atoms with E-state index in [1.807, 2.05) is 0 Å². The Balaban J connectivity index is 0.000000433. The molecular weight excluding hydrogens is 346 g/mol. The van der Waals surface area contributed by atoms with Crippen LogP contribution in [0, 0.1) is 0 Å². The summed E-state index contributed by atoms with van der Waals surface area (Å²) in [5.41, 5.74) is 0. The smallest absolute Gasteiger partial charge is 0.262 e. The molecule has 0 fully saturated rings. The molecule has 0 radical (unpaired) electrons. The number of hydrogen-bond donors (Lipinski definition) is 0. The molecule has 1 nitrogen and oxygen atoms in total. The van der Waals surface area contributed by atoms with Crippen LogP contribution in [0.3, 0.4) is 0 Å². The predicted octanol–water partition coefficient (Wildman–Crippen LogP) is 5.03. The number of carbonyl (C=O) groups excluding carboxylic acids is 1. The van der Waals surface area contributed by atoms with E-state index in [-0.39, 0.29) is 0 Å². The number of benzene rings is 3. The van der Waals surface area contributed by atoms with Crippen LogP contribution in [0.4, 0.5) is 4.79 Å². The highest BCUT2D eigenvalue weighted by atomic mass is 35.5. The molecule has 0 aromatic heterocycles.